The van der Waals surface area contributed by atoms with E-state index in [-0.39, 0.29) is 12.5 Å². The molecule has 1 aromatic carbocycles. The Morgan fingerprint density at radius 2 is 2.14 bits per heavy atom. The molecule has 1 aliphatic carbocycles. The Hall–Kier alpha value is -1.88. The highest BCUT2D eigenvalue weighted by Crippen LogP contribution is 2.37. The number of aliphatic carboxylic acids is 1. The van der Waals surface area contributed by atoms with E-state index in [1.165, 1.54) is 12.7 Å². The molecule has 5 heteroatoms. The number of nitrogens with one attached hydrogen (secondary N) is 1. The third-order valence-electron chi connectivity index (χ3n) is 4.17. The largest absolute Gasteiger partial charge is 0.480 e. The van der Waals surface area contributed by atoms with Crippen LogP contribution in [-0.4, -0.2) is 36.7 Å². The van der Waals surface area contributed by atoms with E-state index in [1.54, 1.807) is 0 Å². The predicted octanol–water partition coefficient (Wildman–Crippen LogP) is 1.50. The zero-order chi connectivity index (χ0) is 15.5. The van der Waals surface area contributed by atoms with Gasteiger partial charge in [-0.05, 0) is 37.3 Å². The van der Waals surface area contributed by atoms with E-state index in [4.69, 9.17) is 9.84 Å². The van der Waals surface area contributed by atoms with Gasteiger partial charge in [-0.3, -0.25) is 4.79 Å². The number of ether oxygens (including phenoxy) is 1. The number of methoxy groups -OCH3 is 1. The molecule has 5 nitrogen and oxygen atoms in total. The highest BCUT2D eigenvalue weighted by Gasteiger charge is 2.40. The molecular weight excluding hydrogens is 270 g/mol. The second-order valence-electron chi connectivity index (χ2n) is 5.66. The normalized spacial score (nSPS) is 22.2. The van der Waals surface area contributed by atoms with Crippen LogP contribution in [0.4, 0.5) is 0 Å². The van der Waals surface area contributed by atoms with Crippen LogP contribution in [-0.2, 0) is 26.2 Å². The number of hydrogen-bond acceptors (Lipinski definition) is 3. The first kappa shape index (κ1) is 15.5. The first-order chi connectivity index (χ1) is 9.99. The summed E-state index contributed by atoms with van der Waals surface area (Å²) in [5.74, 6) is -1.34. The summed E-state index contributed by atoms with van der Waals surface area (Å²) in [4.78, 5) is 23.8. The second-order valence-corrected chi connectivity index (χ2v) is 5.66. The summed E-state index contributed by atoms with van der Waals surface area (Å²) in [5, 5.41) is 11.7. The molecule has 2 rings (SSSR count). The lowest BCUT2D eigenvalue weighted by atomic mass is 9.70. The van der Waals surface area contributed by atoms with Crippen molar-refractivity contribution in [3.05, 3.63) is 35.4 Å². The molecule has 2 atom stereocenters. The van der Waals surface area contributed by atoms with Crippen molar-refractivity contribution in [1.82, 2.24) is 5.32 Å². The number of carboxylic acids is 1. The van der Waals surface area contributed by atoms with Crippen molar-refractivity contribution >= 4 is 11.9 Å². The van der Waals surface area contributed by atoms with Crippen LogP contribution in [0.25, 0.3) is 0 Å². The molecule has 0 aliphatic heterocycles. The number of amides is 1. The van der Waals surface area contributed by atoms with Crippen molar-refractivity contribution in [2.45, 2.75) is 37.6 Å². The van der Waals surface area contributed by atoms with Gasteiger partial charge >= 0.3 is 5.97 Å². The van der Waals surface area contributed by atoms with Crippen LogP contribution in [0, 0.1) is 0 Å². The lowest BCUT2D eigenvalue weighted by Crippen LogP contribution is -2.52. The maximum absolute atomic E-state index is 12.6. The van der Waals surface area contributed by atoms with E-state index < -0.39 is 17.4 Å². The van der Waals surface area contributed by atoms with E-state index in [0.29, 0.717) is 0 Å². The summed E-state index contributed by atoms with van der Waals surface area (Å²) in [5.41, 5.74) is 1.48. The molecule has 0 spiro atoms. The molecule has 1 aromatic rings. The highest BCUT2D eigenvalue weighted by atomic mass is 16.5. The van der Waals surface area contributed by atoms with Crippen molar-refractivity contribution in [1.29, 1.82) is 0 Å². The van der Waals surface area contributed by atoms with Crippen LogP contribution in [0.5, 0.6) is 0 Å². The Kier molecular flexibility index (Phi) is 4.63. The van der Waals surface area contributed by atoms with E-state index in [0.717, 1.165) is 24.8 Å². The van der Waals surface area contributed by atoms with Crippen molar-refractivity contribution in [3.8, 4) is 0 Å². The fraction of sp³-hybridized carbons (Fsp3) is 0.500. The molecule has 2 unspecified atom stereocenters. The number of aryl methyl sites for hydroxylation is 1. The van der Waals surface area contributed by atoms with Crippen molar-refractivity contribution in [2.75, 3.05) is 13.7 Å². The minimum atomic E-state index is -1.09. The van der Waals surface area contributed by atoms with Gasteiger partial charge in [0.2, 0.25) is 5.91 Å². The lowest BCUT2D eigenvalue weighted by molar-refractivity contribution is -0.144. The quantitative estimate of drug-likeness (QED) is 0.862. The number of hydrogen-bond donors (Lipinski definition) is 2. The average Bonchev–Trinajstić information content (AvgIpc) is 2.47. The molecule has 1 aliphatic rings. The molecule has 0 bridgehead atoms. The van der Waals surface area contributed by atoms with Gasteiger partial charge in [-0.25, -0.2) is 4.79 Å². The van der Waals surface area contributed by atoms with Crippen LogP contribution in [0.1, 0.15) is 30.9 Å². The zero-order valence-corrected chi connectivity index (χ0v) is 12.4. The molecule has 0 saturated heterocycles. The minimum Gasteiger partial charge on any atom is -0.480 e. The second kappa shape index (κ2) is 6.26. The first-order valence-corrected chi connectivity index (χ1v) is 7.10. The van der Waals surface area contributed by atoms with Crippen LogP contribution in [0.2, 0.25) is 0 Å². The van der Waals surface area contributed by atoms with Gasteiger partial charge in [0, 0.05) is 7.11 Å². The lowest BCUT2D eigenvalue weighted by Gasteiger charge is -2.35. The van der Waals surface area contributed by atoms with Gasteiger partial charge in [0.1, 0.15) is 0 Å². The van der Waals surface area contributed by atoms with Gasteiger partial charge in [0.05, 0.1) is 12.0 Å². The Morgan fingerprint density at radius 1 is 1.43 bits per heavy atom. The van der Waals surface area contributed by atoms with Crippen LogP contribution < -0.4 is 5.32 Å². The van der Waals surface area contributed by atoms with Gasteiger partial charge in [-0.2, -0.15) is 0 Å². The average molecular weight is 291 g/mol. The summed E-state index contributed by atoms with van der Waals surface area (Å²) in [6.45, 7) is 1.84. The molecule has 0 radical (unpaired) electrons. The third kappa shape index (κ3) is 3.08. The molecular formula is C16H21NO4. The van der Waals surface area contributed by atoms with Crippen molar-refractivity contribution in [3.63, 3.8) is 0 Å². The van der Waals surface area contributed by atoms with Gasteiger partial charge in [0.25, 0.3) is 0 Å². The van der Waals surface area contributed by atoms with E-state index in [2.05, 4.69) is 5.32 Å². The maximum atomic E-state index is 12.6. The van der Waals surface area contributed by atoms with Crippen LogP contribution in [0.15, 0.2) is 24.3 Å². The standard InChI is InChI=1S/C16H21NO4/c1-16(15(20)17-13(10-21-2)14(18)19)9-5-7-11-6-3-4-8-12(11)16/h3-4,6,8,13H,5,7,9-10H2,1-2H3,(H,17,20)(H,18,19). The smallest absolute Gasteiger partial charge is 0.328 e. The molecule has 21 heavy (non-hydrogen) atoms. The molecule has 2 N–H and O–H groups in total. The topological polar surface area (TPSA) is 75.6 Å². The van der Waals surface area contributed by atoms with Crippen molar-refractivity contribution in [2.24, 2.45) is 0 Å². The van der Waals surface area contributed by atoms with Crippen LogP contribution in [0.3, 0.4) is 0 Å². The van der Waals surface area contributed by atoms with Gasteiger partial charge in [-0.1, -0.05) is 24.3 Å². The number of carbonyl (C=O) groups excluding carboxylic acids is 1. The summed E-state index contributed by atoms with van der Waals surface area (Å²) >= 11 is 0. The monoisotopic (exact) mass is 291 g/mol. The first-order valence-electron chi connectivity index (χ1n) is 7.10. The fourth-order valence-corrected chi connectivity index (χ4v) is 2.94. The molecule has 0 aromatic heterocycles. The van der Waals surface area contributed by atoms with Crippen LogP contribution >= 0.6 is 0 Å². The molecule has 0 fully saturated rings. The Balaban J connectivity index is 2.24. The number of fused-ring (bicyclic) bond motifs is 1. The Bertz CT molecular complexity index is 543. The SMILES string of the molecule is COCC(NC(=O)C1(C)CCCc2ccccc21)C(=O)O. The molecule has 0 heterocycles. The number of rotatable bonds is 5. The Labute approximate surface area is 124 Å². The van der Waals surface area contributed by atoms with Gasteiger partial charge in [-0.15, -0.1) is 0 Å². The predicted molar refractivity (Wildman–Crippen MR) is 78.2 cm³/mol. The number of carboxylic acid groups (broad SMARTS) is 1. The highest BCUT2D eigenvalue weighted by molar-refractivity contribution is 5.91. The summed E-state index contributed by atoms with van der Waals surface area (Å²) < 4.78 is 4.86. The molecule has 0 saturated carbocycles. The number of carbonyl (C=O) groups is 2. The molecule has 1 amide bonds. The third-order valence-corrected chi connectivity index (χ3v) is 4.17. The van der Waals surface area contributed by atoms with Gasteiger partial charge in [0.15, 0.2) is 6.04 Å². The minimum absolute atomic E-state index is 0.0429. The van der Waals surface area contributed by atoms with E-state index in [1.807, 2.05) is 31.2 Å². The fourth-order valence-electron chi connectivity index (χ4n) is 2.94. The van der Waals surface area contributed by atoms with E-state index in [9.17, 15) is 9.59 Å². The summed E-state index contributed by atoms with van der Waals surface area (Å²) in [7, 11) is 1.42. The summed E-state index contributed by atoms with van der Waals surface area (Å²) in [6.07, 6.45) is 2.59. The van der Waals surface area contributed by atoms with E-state index >= 15 is 0 Å². The maximum Gasteiger partial charge on any atom is 0.328 e. The zero-order valence-electron chi connectivity index (χ0n) is 12.4. The Morgan fingerprint density at radius 3 is 2.81 bits per heavy atom. The van der Waals surface area contributed by atoms with Crippen molar-refractivity contribution < 1.29 is 19.4 Å². The van der Waals surface area contributed by atoms with Gasteiger partial charge < -0.3 is 15.2 Å². The summed E-state index contributed by atoms with van der Waals surface area (Å²) in [6, 6.07) is 6.85. The number of benzene rings is 1. The molecule has 114 valence electrons.